The van der Waals surface area contributed by atoms with Gasteiger partial charge in [0.15, 0.2) is 0 Å². The quantitative estimate of drug-likeness (QED) is 0.104. The first-order valence-electron chi connectivity index (χ1n) is 21.9. The van der Waals surface area contributed by atoms with Gasteiger partial charge >= 0.3 is 0 Å². The van der Waals surface area contributed by atoms with Crippen molar-refractivity contribution < 1.29 is 28.9 Å². The Hall–Kier alpha value is -6.40. The van der Waals surface area contributed by atoms with Crippen LogP contribution in [0.25, 0.3) is 11.1 Å². The molecule has 0 spiro atoms. The monoisotopic (exact) mass is 907 g/mol. The second-order valence-corrected chi connectivity index (χ2v) is 17.9. The lowest BCUT2D eigenvalue weighted by Crippen LogP contribution is -2.68. The van der Waals surface area contributed by atoms with Gasteiger partial charge in [0.25, 0.3) is 0 Å². The molecular formula is C55H64ClN6O4-. The van der Waals surface area contributed by atoms with Crippen LogP contribution >= 0.6 is 0 Å². The summed E-state index contributed by atoms with van der Waals surface area (Å²) in [5, 5.41) is 0. The van der Waals surface area contributed by atoms with Crippen LogP contribution in [0.1, 0.15) is 47.1 Å². The van der Waals surface area contributed by atoms with E-state index in [1.807, 2.05) is 0 Å². The fraction of sp³-hybridized carbons (Fsp3) is 0.255. The summed E-state index contributed by atoms with van der Waals surface area (Å²) < 4.78 is 34.0. The number of rotatable bonds is 15. The van der Waals surface area contributed by atoms with Crippen LogP contribution in [0.2, 0.25) is 0 Å². The van der Waals surface area contributed by atoms with Crippen LogP contribution in [0.4, 0.5) is 28.4 Å². The van der Waals surface area contributed by atoms with Gasteiger partial charge in [-0.25, -0.2) is 18.6 Å². The lowest BCUT2D eigenvalue weighted by Gasteiger charge is -2.23. The fourth-order valence-corrected chi connectivity index (χ4v) is 7.62. The maximum Gasteiger partial charge on any atom is 0.0574 e. The highest BCUT2D eigenvalue weighted by molar-refractivity contribution is 6.07. The molecule has 10 nitrogen and oxygen atoms in total. The number of aliphatic imine (C=N–C) groups is 1. The van der Waals surface area contributed by atoms with Crippen LogP contribution in [0.3, 0.4) is 0 Å². The molecule has 0 heterocycles. The van der Waals surface area contributed by atoms with Gasteiger partial charge in [0.05, 0.1) is 5.71 Å². The Morgan fingerprint density at radius 1 is 0.470 bits per heavy atom. The minimum atomic E-state index is -4.94. The van der Waals surface area contributed by atoms with E-state index in [1.54, 1.807) is 0 Å². The molecule has 1 aliphatic rings. The van der Waals surface area contributed by atoms with Gasteiger partial charge in [-0.15, -0.1) is 10.2 Å². The number of anilines is 5. The molecule has 0 aliphatic heterocycles. The third kappa shape index (κ3) is 14.6. The SMILES string of the molecule is CCN=C1C=CC(=C(/C=C(/C=C(c2ccc(N(C)C)cc2)c2ccc(N(C)C)cc2)CC(c2ccc(N(C)C)cc2)c2ccc(N(C)C)cc2)c2ccc(N(C)C)cc2)C=C1.[O-][Cl+3]([O-])([O-])[O-]. The van der Waals surface area contributed by atoms with Crippen LogP contribution in [0.15, 0.2) is 174 Å². The predicted octanol–water partition coefficient (Wildman–Crippen LogP) is 6.88. The van der Waals surface area contributed by atoms with Gasteiger partial charge in [-0.05, 0) is 136 Å². The summed E-state index contributed by atoms with van der Waals surface area (Å²) in [6, 6.07) is 45.1. The molecule has 0 amide bonds. The topological polar surface area (TPSA) is 121 Å². The maximum absolute atomic E-state index is 8.49. The Balaban J connectivity index is 0.00000155. The van der Waals surface area contributed by atoms with Crippen molar-refractivity contribution >= 4 is 45.3 Å². The van der Waals surface area contributed by atoms with Gasteiger partial charge in [-0.3, -0.25) is 4.99 Å². The van der Waals surface area contributed by atoms with Gasteiger partial charge < -0.3 is 24.5 Å². The standard InChI is InChI=1S/C55H64N6.ClHO4/c1-12-56-47-25-13-41(14-26-47)53(42-15-27-48(28-16-42)57(2)3)37-40(38-54(43-17-29-49(30-18-43)58(4)5)44-19-31-50(32-20-44)59(6)7)39-55(45-21-33-51(34-22-45)60(8)9)46-23-35-52(36-24-46)61(10)11;2-1(3,4)5/h13-38,55H,12,39H2,1-11H3;(H,2,3,4,5)/p-1/b40-37-,53-41?,56-47?;. The summed E-state index contributed by atoms with van der Waals surface area (Å²) in [6.07, 6.45) is 14.4. The molecule has 11 heteroatoms. The Morgan fingerprint density at radius 3 is 1.11 bits per heavy atom. The van der Waals surface area contributed by atoms with Crippen LogP contribution in [0.5, 0.6) is 0 Å². The summed E-state index contributed by atoms with van der Waals surface area (Å²) in [7, 11) is 16.0. The third-order valence-electron chi connectivity index (χ3n) is 11.3. The molecule has 0 fully saturated rings. The van der Waals surface area contributed by atoms with Crippen molar-refractivity contribution in [2.45, 2.75) is 19.3 Å². The Bertz CT molecular complexity index is 2400. The summed E-state index contributed by atoms with van der Waals surface area (Å²) in [5.74, 6) is 0.0755. The van der Waals surface area contributed by atoms with Crippen LogP contribution in [0, 0.1) is 10.2 Å². The zero-order valence-electron chi connectivity index (χ0n) is 40.2. The molecule has 0 atom stereocenters. The average Bonchev–Trinajstić information content (AvgIpc) is 3.29. The van der Waals surface area contributed by atoms with Gasteiger partial charge in [-0.1, -0.05) is 85.0 Å². The minimum Gasteiger partial charge on any atom is -0.378 e. The number of allylic oxidation sites excluding steroid dienone is 9. The molecule has 66 heavy (non-hydrogen) atoms. The van der Waals surface area contributed by atoms with Crippen molar-refractivity contribution in [3.63, 3.8) is 0 Å². The lowest BCUT2D eigenvalue weighted by molar-refractivity contribution is -2.00. The van der Waals surface area contributed by atoms with Gasteiger partial charge in [0.1, 0.15) is 0 Å². The largest absolute Gasteiger partial charge is 0.378 e. The molecule has 5 aromatic carbocycles. The molecule has 0 N–H and O–H groups in total. The zero-order chi connectivity index (χ0) is 48.1. The van der Waals surface area contributed by atoms with E-state index >= 15 is 0 Å². The zero-order valence-corrected chi connectivity index (χ0v) is 41.0. The molecule has 0 radical (unpaired) electrons. The molecule has 0 aromatic heterocycles. The van der Waals surface area contributed by atoms with Crippen molar-refractivity contribution in [2.75, 3.05) is 102 Å². The highest BCUT2D eigenvalue weighted by Crippen LogP contribution is 2.38. The average molecular weight is 909 g/mol. The second-order valence-electron chi connectivity index (χ2n) is 17.1. The van der Waals surface area contributed by atoms with E-state index in [0.717, 1.165) is 41.1 Å². The molecule has 6 rings (SSSR count). The van der Waals surface area contributed by atoms with E-state index in [0.29, 0.717) is 0 Å². The molecule has 346 valence electrons. The first kappa shape index (κ1) is 50.6. The molecule has 0 unspecified atom stereocenters. The van der Waals surface area contributed by atoms with E-state index < -0.39 is 10.2 Å². The second kappa shape index (κ2) is 23.2. The first-order chi connectivity index (χ1) is 31.3. The van der Waals surface area contributed by atoms with Crippen LogP contribution in [-0.2, 0) is 0 Å². The lowest BCUT2D eigenvalue weighted by atomic mass is 9.83. The highest BCUT2D eigenvalue weighted by Gasteiger charge is 2.20. The van der Waals surface area contributed by atoms with Crippen molar-refractivity contribution in [3.05, 3.63) is 197 Å². The van der Waals surface area contributed by atoms with Crippen molar-refractivity contribution in [3.8, 4) is 0 Å². The van der Waals surface area contributed by atoms with Gasteiger partial charge in [-0.2, -0.15) is 0 Å². The van der Waals surface area contributed by atoms with Gasteiger partial charge in [0.2, 0.25) is 0 Å². The first-order valence-corrected chi connectivity index (χ1v) is 23.1. The van der Waals surface area contributed by atoms with Crippen molar-refractivity contribution in [1.29, 1.82) is 0 Å². The number of hydrogen-bond donors (Lipinski definition) is 0. The van der Waals surface area contributed by atoms with E-state index in [9.17, 15) is 0 Å². The molecule has 0 bridgehead atoms. The maximum atomic E-state index is 8.49. The number of hydrogen-bond acceptors (Lipinski definition) is 10. The third-order valence-corrected chi connectivity index (χ3v) is 11.3. The van der Waals surface area contributed by atoms with Crippen LogP contribution < -0.4 is 43.1 Å². The summed E-state index contributed by atoms with van der Waals surface area (Å²) >= 11 is 0. The van der Waals surface area contributed by atoms with Gasteiger partial charge in [0, 0.05) is 111 Å². The fourth-order valence-electron chi connectivity index (χ4n) is 7.62. The molecule has 0 saturated carbocycles. The number of halogens is 1. The van der Waals surface area contributed by atoms with E-state index in [-0.39, 0.29) is 5.92 Å². The summed E-state index contributed by atoms with van der Waals surface area (Å²) in [6.45, 7) is 2.83. The molecule has 1 aliphatic carbocycles. The molecule has 0 saturated heterocycles. The molecule has 5 aromatic rings. The van der Waals surface area contributed by atoms with E-state index in [2.05, 4.69) is 260 Å². The smallest absolute Gasteiger partial charge is 0.0574 e. The summed E-state index contributed by atoms with van der Waals surface area (Å²) in [4.78, 5) is 15.5. The van der Waals surface area contributed by atoms with Crippen LogP contribution in [-0.4, -0.2) is 82.7 Å². The van der Waals surface area contributed by atoms with Crippen molar-refractivity contribution in [1.82, 2.24) is 0 Å². The predicted molar refractivity (Wildman–Crippen MR) is 269 cm³/mol. The Labute approximate surface area is 395 Å². The van der Waals surface area contributed by atoms with E-state index in [4.69, 9.17) is 23.6 Å². The summed E-state index contributed by atoms with van der Waals surface area (Å²) in [5.41, 5.74) is 17.6. The normalized spacial score (nSPS) is 12.3. The Kier molecular flexibility index (Phi) is 17.8. The Morgan fingerprint density at radius 2 is 0.788 bits per heavy atom. The van der Waals surface area contributed by atoms with E-state index in [1.165, 1.54) is 56.1 Å². The highest BCUT2D eigenvalue weighted by atomic mass is 35.7. The van der Waals surface area contributed by atoms with Crippen molar-refractivity contribution in [2.24, 2.45) is 4.99 Å². The minimum absolute atomic E-state index is 0.0755. The number of nitrogens with zero attached hydrogens (tertiary/aromatic N) is 6. The molecular weight excluding hydrogens is 844 g/mol. The number of benzene rings is 5.